The van der Waals surface area contributed by atoms with Gasteiger partial charge >= 0.3 is 0 Å². The van der Waals surface area contributed by atoms with E-state index >= 15 is 0 Å². The third kappa shape index (κ3) is 3.27. The second-order valence-corrected chi connectivity index (χ2v) is 7.10. The van der Waals surface area contributed by atoms with Gasteiger partial charge in [-0.2, -0.15) is 0 Å². The van der Waals surface area contributed by atoms with E-state index < -0.39 is 0 Å². The van der Waals surface area contributed by atoms with Gasteiger partial charge in [0.2, 0.25) is 5.91 Å². The highest BCUT2D eigenvalue weighted by Crippen LogP contribution is 2.32. The number of hydrogen-bond donors (Lipinski definition) is 1. The molecule has 2 fully saturated rings. The summed E-state index contributed by atoms with van der Waals surface area (Å²) in [5.74, 6) is 1.84. The second kappa shape index (κ2) is 6.96. The highest BCUT2D eigenvalue weighted by atomic mass is 79.9. The van der Waals surface area contributed by atoms with Crippen molar-refractivity contribution in [2.45, 2.75) is 19.3 Å². The Morgan fingerprint density at radius 1 is 1.27 bits per heavy atom. The summed E-state index contributed by atoms with van der Waals surface area (Å²) in [5, 5.41) is 0. The van der Waals surface area contributed by atoms with Crippen molar-refractivity contribution in [2.75, 3.05) is 37.6 Å². The van der Waals surface area contributed by atoms with Crippen LogP contribution >= 0.6 is 15.9 Å². The first-order chi connectivity index (χ1) is 10.7. The maximum Gasteiger partial charge on any atom is 0.226 e. The number of carbonyl (C=O) groups excluding carboxylic acids is 1. The van der Waals surface area contributed by atoms with Crippen LogP contribution in [0.3, 0.4) is 0 Å². The number of carbonyl (C=O) groups is 1. The Kier molecular flexibility index (Phi) is 4.98. The molecule has 1 aliphatic heterocycles. The molecule has 0 spiro atoms. The summed E-state index contributed by atoms with van der Waals surface area (Å²) in [7, 11) is 0. The molecule has 6 heteroatoms. The van der Waals surface area contributed by atoms with Gasteiger partial charge in [0, 0.05) is 42.8 Å². The number of halogens is 1. The molecule has 1 aliphatic carbocycles. The zero-order valence-corrected chi connectivity index (χ0v) is 14.3. The van der Waals surface area contributed by atoms with E-state index in [1.807, 2.05) is 23.2 Å². The van der Waals surface area contributed by atoms with E-state index in [2.05, 4.69) is 25.8 Å². The number of rotatable bonds is 3. The molecule has 1 saturated carbocycles. The van der Waals surface area contributed by atoms with E-state index in [4.69, 9.17) is 5.73 Å². The number of aromatic nitrogens is 1. The highest BCUT2D eigenvalue weighted by molar-refractivity contribution is 9.10. The lowest BCUT2D eigenvalue weighted by Crippen LogP contribution is -2.51. The van der Waals surface area contributed by atoms with Crippen LogP contribution in [-0.2, 0) is 4.79 Å². The van der Waals surface area contributed by atoms with Crippen molar-refractivity contribution in [3.8, 4) is 0 Å². The molecule has 2 aliphatic rings. The summed E-state index contributed by atoms with van der Waals surface area (Å²) in [5.41, 5.74) is 5.81. The van der Waals surface area contributed by atoms with Gasteiger partial charge in [-0.3, -0.25) is 4.79 Å². The molecule has 0 aromatic carbocycles. The van der Waals surface area contributed by atoms with E-state index in [0.717, 1.165) is 55.7 Å². The number of nitrogens with zero attached hydrogens (tertiary/aromatic N) is 3. The second-order valence-electron chi connectivity index (χ2n) is 6.18. The van der Waals surface area contributed by atoms with Crippen LogP contribution in [0.1, 0.15) is 19.3 Å². The van der Waals surface area contributed by atoms with Crippen LogP contribution in [0.25, 0.3) is 0 Å². The van der Waals surface area contributed by atoms with Gasteiger partial charge in [-0.25, -0.2) is 4.98 Å². The number of pyridine rings is 1. The van der Waals surface area contributed by atoms with Crippen molar-refractivity contribution in [3.05, 3.63) is 22.8 Å². The van der Waals surface area contributed by atoms with Crippen LogP contribution in [-0.4, -0.2) is 48.5 Å². The minimum atomic E-state index is 0.155. The van der Waals surface area contributed by atoms with Crippen LogP contribution in [0.2, 0.25) is 0 Å². The molecule has 0 radical (unpaired) electrons. The quantitative estimate of drug-likeness (QED) is 0.886. The van der Waals surface area contributed by atoms with Gasteiger partial charge < -0.3 is 15.5 Å². The molecule has 0 unspecified atom stereocenters. The molecule has 1 aromatic rings. The molecule has 2 heterocycles. The summed E-state index contributed by atoms with van der Waals surface area (Å²) in [6.45, 7) is 3.90. The minimum Gasteiger partial charge on any atom is -0.353 e. The molecule has 1 saturated heterocycles. The molecular weight excluding hydrogens is 344 g/mol. The summed E-state index contributed by atoms with van der Waals surface area (Å²) < 4.78 is 0.985. The van der Waals surface area contributed by atoms with Gasteiger partial charge in [0.15, 0.2) is 0 Å². The first-order valence-corrected chi connectivity index (χ1v) is 8.83. The Balaban J connectivity index is 1.57. The number of hydrogen-bond acceptors (Lipinski definition) is 4. The molecule has 1 amide bonds. The highest BCUT2D eigenvalue weighted by Gasteiger charge is 2.35. The third-order valence-electron chi connectivity index (χ3n) is 4.91. The Labute approximate surface area is 140 Å². The summed E-state index contributed by atoms with van der Waals surface area (Å²) >= 11 is 3.40. The van der Waals surface area contributed by atoms with Crippen molar-refractivity contribution in [1.82, 2.24) is 9.88 Å². The zero-order valence-electron chi connectivity index (χ0n) is 12.7. The first kappa shape index (κ1) is 15.7. The van der Waals surface area contributed by atoms with Gasteiger partial charge in [-0.05, 0) is 53.4 Å². The van der Waals surface area contributed by atoms with Gasteiger partial charge in [0.25, 0.3) is 0 Å². The summed E-state index contributed by atoms with van der Waals surface area (Å²) in [6.07, 6.45) is 5.07. The number of piperazine rings is 1. The van der Waals surface area contributed by atoms with E-state index in [9.17, 15) is 4.79 Å². The monoisotopic (exact) mass is 366 g/mol. The van der Waals surface area contributed by atoms with Gasteiger partial charge in [-0.1, -0.05) is 6.42 Å². The summed E-state index contributed by atoms with van der Waals surface area (Å²) in [4.78, 5) is 21.4. The molecule has 22 heavy (non-hydrogen) atoms. The first-order valence-electron chi connectivity index (χ1n) is 8.04. The Bertz CT molecular complexity index is 513. The predicted molar refractivity (Wildman–Crippen MR) is 90.6 cm³/mol. The lowest BCUT2D eigenvalue weighted by molar-refractivity contribution is -0.136. The lowest BCUT2D eigenvalue weighted by atomic mass is 9.94. The van der Waals surface area contributed by atoms with Gasteiger partial charge in [0.05, 0.1) is 0 Å². The van der Waals surface area contributed by atoms with E-state index in [1.54, 1.807) is 0 Å². The lowest BCUT2D eigenvalue weighted by Gasteiger charge is -2.37. The van der Waals surface area contributed by atoms with Crippen LogP contribution < -0.4 is 10.6 Å². The third-order valence-corrected chi connectivity index (χ3v) is 5.38. The molecule has 1 aromatic heterocycles. The fraction of sp³-hybridized carbons (Fsp3) is 0.625. The maximum absolute atomic E-state index is 12.7. The van der Waals surface area contributed by atoms with Crippen LogP contribution in [0.5, 0.6) is 0 Å². The average molecular weight is 367 g/mol. The van der Waals surface area contributed by atoms with Gasteiger partial charge in [-0.15, -0.1) is 0 Å². The average Bonchev–Trinajstić information content (AvgIpc) is 3.04. The zero-order chi connectivity index (χ0) is 15.5. The number of amides is 1. The molecule has 2 atom stereocenters. The number of anilines is 1. The molecule has 2 N–H and O–H groups in total. The van der Waals surface area contributed by atoms with Crippen LogP contribution in [0.4, 0.5) is 5.82 Å². The molecule has 5 nitrogen and oxygen atoms in total. The van der Waals surface area contributed by atoms with Gasteiger partial charge in [0.1, 0.15) is 5.82 Å². The summed E-state index contributed by atoms with van der Waals surface area (Å²) in [6, 6.07) is 4.02. The smallest absolute Gasteiger partial charge is 0.226 e. The Morgan fingerprint density at radius 3 is 2.68 bits per heavy atom. The normalized spacial score (nSPS) is 25.5. The molecule has 3 rings (SSSR count). The predicted octanol–water partition coefficient (Wildman–Crippen LogP) is 1.87. The van der Waals surface area contributed by atoms with Crippen LogP contribution in [0.15, 0.2) is 22.8 Å². The van der Waals surface area contributed by atoms with Crippen molar-refractivity contribution in [3.63, 3.8) is 0 Å². The maximum atomic E-state index is 12.7. The largest absolute Gasteiger partial charge is 0.353 e. The standard InChI is InChI=1S/C16H23BrN4O/c17-13-4-5-15(19-11-13)20-6-8-21(9-7-20)16(22)14-3-1-2-12(14)10-18/h4-5,11-12,14H,1-3,6-10,18H2/t12-,14-/m1/s1. The van der Waals surface area contributed by atoms with Crippen molar-refractivity contribution >= 4 is 27.7 Å². The Hall–Kier alpha value is -1.14. The fourth-order valence-electron chi connectivity index (χ4n) is 3.59. The molecular formula is C16H23BrN4O. The van der Waals surface area contributed by atoms with E-state index in [0.29, 0.717) is 18.4 Å². The topological polar surface area (TPSA) is 62.5 Å². The SMILES string of the molecule is NC[C@H]1CCC[C@H]1C(=O)N1CCN(c2ccc(Br)cn2)CC1. The Morgan fingerprint density at radius 2 is 2.05 bits per heavy atom. The van der Waals surface area contributed by atoms with Crippen LogP contribution in [0, 0.1) is 11.8 Å². The fourth-order valence-corrected chi connectivity index (χ4v) is 3.82. The van der Waals surface area contributed by atoms with E-state index in [1.165, 1.54) is 0 Å². The van der Waals surface area contributed by atoms with E-state index in [-0.39, 0.29) is 5.92 Å². The van der Waals surface area contributed by atoms with Crippen molar-refractivity contribution in [1.29, 1.82) is 0 Å². The van der Waals surface area contributed by atoms with Crippen molar-refractivity contribution in [2.24, 2.45) is 17.6 Å². The minimum absolute atomic E-state index is 0.155. The molecule has 120 valence electrons. The molecule has 0 bridgehead atoms. The number of nitrogens with two attached hydrogens (primary N) is 1. The van der Waals surface area contributed by atoms with Crippen molar-refractivity contribution < 1.29 is 4.79 Å².